The van der Waals surface area contributed by atoms with Gasteiger partial charge in [-0.2, -0.15) is 0 Å². The van der Waals surface area contributed by atoms with Gasteiger partial charge in [0.05, 0.1) is 13.4 Å². The van der Waals surface area contributed by atoms with Crippen LogP contribution in [-0.2, 0) is 0 Å². The molecule has 1 aromatic heterocycles. The van der Waals surface area contributed by atoms with E-state index in [1.54, 1.807) is 25.1 Å². The van der Waals surface area contributed by atoms with E-state index in [0.29, 0.717) is 0 Å². The van der Waals surface area contributed by atoms with Gasteiger partial charge in [-0.1, -0.05) is 0 Å². The van der Waals surface area contributed by atoms with Crippen LogP contribution in [0.2, 0.25) is 0 Å². The Hall–Kier alpha value is -1.35. The summed E-state index contributed by atoms with van der Waals surface area (Å²) in [4.78, 5) is 1.13. The number of hydrogen-bond acceptors (Lipinski definition) is 3. The summed E-state index contributed by atoms with van der Waals surface area (Å²) in [5.74, 6) is 1.75. The van der Waals surface area contributed by atoms with Gasteiger partial charge in [0.1, 0.15) is 11.5 Å². The molecule has 15 heavy (non-hydrogen) atoms. The molecule has 1 aromatic carbocycles. The van der Waals surface area contributed by atoms with Gasteiger partial charge in [-0.3, -0.25) is 0 Å². The van der Waals surface area contributed by atoms with E-state index in [1.165, 1.54) is 0 Å². The molecule has 0 bridgehead atoms. The van der Waals surface area contributed by atoms with Crippen molar-refractivity contribution in [3.05, 3.63) is 36.6 Å². The van der Waals surface area contributed by atoms with Crippen molar-refractivity contribution in [2.75, 3.05) is 13.4 Å². The summed E-state index contributed by atoms with van der Waals surface area (Å²) in [5, 5.41) is 0. The molecule has 0 aliphatic carbocycles. The fourth-order valence-corrected chi connectivity index (χ4v) is 1.98. The molecule has 0 aliphatic rings. The zero-order valence-corrected chi connectivity index (χ0v) is 9.51. The highest BCUT2D eigenvalue weighted by atomic mass is 32.2. The van der Waals surface area contributed by atoms with Gasteiger partial charge in [0.15, 0.2) is 0 Å². The second-order valence-electron chi connectivity index (χ2n) is 3.05. The van der Waals surface area contributed by atoms with Crippen LogP contribution < -0.4 is 4.74 Å². The maximum Gasteiger partial charge on any atom is 0.133 e. The molecule has 0 fully saturated rings. The van der Waals surface area contributed by atoms with Crippen LogP contribution in [0.4, 0.5) is 0 Å². The van der Waals surface area contributed by atoms with Gasteiger partial charge in [-0.15, -0.1) is 11.8 Å². The Morgan fingerprint density at radius 1 is 1.27 bits per heavy atom. The standard InChI is InChI=1S/C12H12O2S/c1-13-11-8-9(5-6-12(11)15-2)10-4-3-7-14-10/h3-8H,1-2H3. The summed E-state index contributed by atoms with van der Waals surface area (Å²) in [5.41, 5.74) is 1.04. The minimum Gasteiger partial charge on any atom is -0.496 e. The molecule has 78 valence electrons. The van der Waals surface area contributed by atoms with E-state index in [1.807, 2.05) is 36.6 Å². The molecule has 0 saturated heterocycles. The van der Waals surface area contributed by atoms with Crippen molar-refractivity contribution in [3.63, 3.8) is 0 Å². The van der Waals surface area contributed by atoms with E-state index >= 15 is 0 Å². The quantitative estimate of drug-likeness (QED) is 0.737. The van der Waals surface area contributed by atoms with Gasteiger partial charge in [0.2, 0.25) is 0 Å². The lowest BCUT2D eigenvalue weighted by atomic mass is 10.1. The molecule has 0 aliphatic heterocycles. The van der Waals surface area contributed by atoms with Crippen molar-refractivity contribution >= 4 is 11.8 Å². The summed E-state index contributed by atoms with van der Waals surface area (Å²) in [6.07, 6.45) is 3.70. The zero-order valence-electron chi connectivity index (χ0n) is 8.69. The van der Waals surface area contributed by atoms with Crippen LogP contribution in [0, 0.1) is 0 Å². The molecule has 0 unspecified atom stereocenters. The molecule has 0 N–H and O–H groups in total. The van der Waals surface area contributed by atoms with Gasteiger partial charge in [-0.25, -0.2) is 0 Å². The number of thioether (sulfide) groups is 1. The van der Waals surface area contributed by atoms with E-state index in [4.69, 9.17) is 9.15 Å². The lowest BCUT2D eigenvalue weighted by Crippen LogP contribution is -1.86. The van der Waals surface area contributed by atoms with Crippen molar-refractivity contribution in [1.82, 2.24) is 0 Å². The number of rotatable bonds is 3. The fourth-order valence-electron chi connectivity index (χ4n) is 1.43. The average Bonchev–Trinajstić information content (AvgIpc) is 2.81. The third-order valence-electron chi connectivity index (χ3n) is 2.19. The van der Waals surface area contributed by atoms with Crippen LogP contribution in [0.15, 0.2) is 45.9 Å². The third-order valence-corrected chi connectivity index (χ3v) is 2.97. The van der Waals surface area contributed by atoms with Crippen molar-refractivity contribution in [3.8, 4) is 17.1 Å². The minimum absolute atomic E-state index is 0.862. The summed E-state index contributed by atoms with van der Waals surface area (Å²) in [6.45, 7) is 0. The first-order valence-corrected chi connectivity index (χ1v) is 5.83. The van der Waals surface area contributed by atoms with Crippen molar-refractivity contribution in [1.29, 1.82) is 0 Å². The van der Waals surface area contributed by atoms with E-state index < -0.39 is 0 Å². The topological polar surface area (TPSA) is 22.4 Å². The number of hydrogen-bond donors (Lipinski definition) is 0. The Balaban J connectivity index is 2.43. The second-order valence-corrected chi connectivity index (χ2v) is 3.90. The highest BCUT2D eigenvalue weighted by Crippen LogP contribution is 2.32. The molecule has 0 radical (unpaired) electrons. The number of furan rings is 1. The Bertz CT molecular complexity index is 435. The van der Waals surface area contributed by atoms with E-state index in [-0.39, 0.29) is 0 Å². The smallest absolute Gasteiger partial charge is 0.133 e. The number of methoxy groups -OCH3 is 1. The predicted octanol–water partition coefficient (Wildman–Crippen LogP) is 3.68. The average molecular weight is 220 g/mol. The lowest BCUT2D eigenvalue weighted by molar-refractivity contribution is 0.405. The highest BCUT2D eigenvalue weighted by Gasteiger charge is 2.06. The molecular formula is C12H12O2S. The van der Waals surface area contributed by atoms with E-state index in [9.17, 15) is 0 Å². The fraction of sp³-hybridized carbons (Fsp3) is 0.167. The Kier molecular flexibility index (Phi) is 3.02. The monoisotopic (exact) mass is 220 g/mol. The van der Waals surface area contributed by atoms with Gasteiger partial charge in [0.25, 0.3) is 0 Å². The molecule has 2 rings (SSSR count). The summed E-state index contributed by atoms with van der Waals surface area (Å²) < 4.78 is 10.6. The van der Waals surface area contributed by atoms with Crippen LogP contribution in [0.1, 0.15) is 0 Å². The van der Waals surface area contributed by atoms with Crippen LogP contribution >= 0.6 is 11.8 Å². The molecule has 0 spiro atoms. The van der Waals surface area contributed by atoms with Crippen molar-refractivity contribution in [2.45, 2.75) is 4.90 Å². The summed E-state index contributed by atoms with van der Waals surface area (Å²) >= 11 is 1.67. The summed E-state index contributed by atoms with van der Waals surface area (Å²) in [6, 6.07) is 9.89. The molecular weight excluding hydrogens is 208 g/mol. The first-order chi connectivity index (χ1) is 7.35. The maximum absolute atomic E-state index is 5.33. The van der Waals surface area contributed by atoms with Crippen LogP contribution in [-0.4, -0.2) is 13.4 Å². The first-order valence-electron chi connectivity index (χ1n) is 4.61. The molecule has 0 amide bonds. The second kappa shape index (κ2) is 4.45. The lowest BCUT2D eigenvalue weighted by Gasteiger charge is -2.07. The summed E-state index contributed by atoms with van der Waals surface area (Å²) in [7, 11) is 1.68. The highest BCUT2D eigenvalue weighted by molar-refractivity contribution is 7.98. The maximum atomic E-state index is 5.33. The van der Waals surface area contributed by atoms with Crippen LogP contribution in [0.25, 0.3) is 11.3 Å². The number of benzene rings is 1. The molecule has 1 heterocycles. The minimum atomic E-state index is 0.862. The van der Waals surface area contributed by atoms with Gasteiger partial charge in [-0.05, 0) is 36.6 Å². The van der Waals surface area contributed by atoms with E-state index in [2.05, 4.69) is 0 Å². The van der Waals surface area contributed by atoms with Crippen molar-refractivity contribution < 1.29 is 9.15 Å². The number of ether oxygens (including phenoxy) is 1. The van der Waals surface area contributed by atoms with E-state index in [0.717, 1.165) is 22.0 Å². The molecule has 3 heteroatoms. The molecule has 0 saturated carbocycles. The predicted molar refractivity (Wildman–Crippen MR) is 62.5 cm³/mol. The molecule has 2 nitrogen and oxygen atoms in total. The first kappa shape index (κ1) is 10.2. The Labute approximate surface area is 93.2 Å². The normalized spacial score (nSPS) is 10.3. The third kappa shape index (κ3) is 2.02. The van der Waals surface area contributed by atoms with Crippen molar-refractivity contribution in [2.24, 2.45) is 0 Å². The van der Waals surface area contributed by atoms with Crippen LogP contribution in [0.3, 0.4) is 0 Å². The van der Waals surface area contributed by atoms with Crippen LogP contribution in [0.5, 0.6) is 5.75 Å². The Morgan fingerprint density at radius 3 is 2.73 bits per heavy atom. The SMILES string of the molecule is COc1cc(-c2ccco2)ccc1SC. The molecule has 0 atom stereocenters. The van der Waals surface area contributed by atoms with Gasteiger partial charge in [0, 0.05) is 10.5 Å². The molecule has 2 aromatic rings. The van der Waals surface area contributed by atoms with Gasteiger partial charge >= 0.3 is 0 Å². The Morgan fingerprint density at radius 2 is 2.13 bits per heavy atom. The van der Waals surface area contributed by atoms with Gasteiger partial charge < -0.3 is 9.15 Å². The zero-order chi connectivity index (χ0) is 10.7. The largest absolute Gasteiger partial charge is 0.496 e.